The van der Waals surface area contributed by atoms with Gasteiger partial charge in [-0.2, -0.15) is 5.26 Å². The molecule has 0 saturated carbocycles. The number of hydrogen-bond donors (Lipinski definition) is 0. The van der Waals surface area contributed by atoms with Gasteiger partial charge in [0.05, 0.1) is 30.9 Å². The van der Waals surface area contributed by atoms with Crippen LogP contribution in [-0.4, -0.2) is 23.0 Å². The van der Waals surface area contributed by atoms with Gasteiger partial charge in [0.2, 0.25) is 0 Å². The van der Waals surface area contributed by atoms with E-state index in [-0.39, 0.29) is 6.42 Å². The SMILES string of the molecule is COC(=O)c1ccnc(-c2ccnc(Cl)c2)c1CC#N. The third kappa shape index (κ3) is 2.76. The topological polar surface area (TPSA) is 75.9 Å². The summed E-state index contributed by atoms with van der Waals surface area (Å²) < 4.78 is 4.72. The van der Waals surface area contributed by atoms with Crippen LogP contribution in [0.15, 0.2) is 30.6 Å². The molecule has 0 unspecified atom stereocenters. The number of aromatic nitrogens is 2. The molecule has 0 fully saturated rings. The number of rotatable bonds is 3. The first-order valence-corrected chi connectivity index (χ1v) is 6.10. The summed E-state index contributed by atoms with van der Waals surface area (Å²) in [4.78, 5) is 19.9. The molecule has 20 heavy (non-hydrogen) atoms. The van der Waals surface area contributed by atoms with E-state index in [4.69, 9.17) is 21.6 Å². The third-order valence-electron chi connectivity index (χ3n) is 2.72. The van der Waals surface area contributed by atoms with E-state index < -0.39 is 5.97 Å². The van der Waals surface area contributed by atoms with Crippen molar-refractivity contribution in [3.63, 3.8) is 0 Å². The number of methoxy groups -OCH3 is 1. The second-order valence-corrected chi connectivity index (χ2v) is 4.27. The standard InChI is InChI=1S/C14H10ClN3O2/c1-20-14(19)11-4-7-18-13(10(11)2-5-16)9-3-6-17-12(15)8-9/h3-4,6-8H,2H2,1H3. The highest BCUT2D eigenvalue weighted by Gasteiger charge is 2.17. The Morgan fingerprint density at radius 1 is 1.40 bits per heavy atom. The van der Waals surface area contributed by atoms with Crippen molar-refractivity contribution in [1.82, 2.24) is 9.97 Å². The summed E-state index contributed by atoms with van der Waals surface area (Å²) in [7, 11) is 1.29. The van der Waals surface area contributed by atoms with E-state index in [9.17, 15) is 4.79 Å². The Labute approximate surface area is 120 Å². The van der Waals surface area contributed by atoms with Crippen molar-refractivity contribution in [3.8, 4) is 17.3 Å². The highest BCUT2D eigenvalue weighted by Crippen LogP contribution is 2.26. The van der Waals surface area contributed by atoms with Gasteiger partial charge in [0.15, 0.2) is 0 Å². The fourth-order valence-corrected chi connectivity index (χ4v) is 2.02. The predicted molar refractivity (Wildman–Crippen MR) is 73.1 cm³/mol. The summed E-state index contributed by atoms with van der Waals surface area (Å²) in [5.74, 6) is -0.501. The van der Waals surface area contributed by atoms with Crippen LogP contribution in [0.2, 0.25) is 5.15 Å². The summed E-state index contributed by atoms with van der Waals surface area (Å²) in [6.07, 6.45) is 3.09. The molecule has 0 aliphatic rings. The highest BCUT2D eigenvalue weighted by molar-refractivity contribution is 6.29. The first-order valence-electron chi connectivity index (χ1n) is 5.72. The molecule has 2 aromatic rings. The monoisotopic (exact) mass is 287 g/mol. The van der Waals surface area contributed by atoms with E-state index in [1.165, 1.54) is 19.4 Å². The number of esters is 1. The maximum Gasteiger partial charge on any atom is 0.338 e. The zero-order valence-corrected chi connectivity index (χ0v) is 11.4. The first kappa shape index (κ1) is 14.0. The maximum absolute atomic E-state index is 11.8. The van der Waals surface area contributed by atoms with Crippen molar-refractivity contribution in [2.45, 2.75) is 6.42 Å². The molecule has 6 heteroatoms. The Balaban J connectivity index is 2.64. The molecule has 2 rings (SSSR count). The van der Waals surface area contributed by atoms with E-state index in [1.807, 2.05) is 6.07 Å². The second-order valence-electron chi connectivity index (χ2n) is 3.88. The first-order chi connectivity index (χ1) is 9.67. The molecule has 0 aromatic carbocycles. The molecule has 0 aliphatic carbocycles. The molecule has 0 saturated heterocycles. The van der Waals surface area contributed by atoms with E-state index in [1.54, 1.807) is 18.3 Å². The molecule has 5 nitrogen and oxygen atoms in total. The largest absolute Gasteiger partial charge is 0.465 e. The third-order valence-corrected chi connectivity index (χ3v) is 2.92. The zero-order valence-electron chi connectivity index (χ0n) is 10.6. The molecule has 0 spiro atoms. The second kappa shape index (κ2) is 6.13. The molecule has 0 bridgehead atoms. The minimum atomic E-state index is -0.501. The van der Waals surface area contributed by atoms with E-state index in [2.05, 4.69) is 9.97 Å². The van der Waals surface area contributed by atoms with Crippen LogP contribution in [0.4, 0.5) is 0 Å². The fraction of sp³-hybridized carbons (Fsp3) is 0.143. The Bertz CT molecular complexity index is 695. The molecule has 2 heterocycles. The van der Waals surface area contributed by atoms with Crippen molar-refractivity contribution in [2.75, 3.05) is 7.11 Å². The van der Waals surface area contributed by atoms with Crippen LogP contribution in [0.1, 0.15) is 15.9 Å². The van der Waals surface area contributed by atoms with Gasteiger partial charge in [0.25, 0.3) is 0 Å². The number of nitrogens with zero attached hydrogens (tertiary/aromatic N) is 3. The van der Waals surface area contributed by atoms with Gasteiger partial charge in [-0.15, -0.1) is 0 Å². The van der Waals surface area contributed by atoms with Gasteiger partial charge in [-0.3, -0.25) is 4.98 Å². The van der Waals surface area contributed by atoms with Crippen molar-refractivity contribution in [1.29, 1.82) is 5.26 Å². The summed E-state index contributed by atoms with van der Waals surface area (Å²) >= 11 is 5.86. The van der Waals surface area contributed by atoms with Gasteiger partial charge < -0.3 is 4.74 Å². The average Bonchev–Trinajstić information content (AvgIpc) is 2.47. The van der Waals surface area contributed by atoms with Crippen LogP contribution < -0.4 is 0 Å². The minimum Gasteiger partial charge on any atom is -0.465 e. The lowest BCUT2D eigenvalue weighted by Gasteiger charge is -2.10. The van der Waals surface area contributed by atoms with Gasteiger partial charge in [-0.1, -0.05) is 11.6 Å². The normalized spacial score (nSPS) is 9.85. The molecule has 2 aromatic heterocycles. The predicted octanol–water partition coefficient (Wildman–Crippen LogP) is 2.65. The minimum absolute atomic E-state index is 0.0492. The van der Waals surface area contributed by atoms with E-state index in [0.717, 1.165) is 0 Å². The maximum atomic E-state index is 11.8. The Kier molecular flexibility index (Phi) is 4.28. The fourth-order valence-electron chi connectivity index (χ4n) is 1.85. The van der Waals surface area contributed by atoms with Gasteiger partial charge in [-0.05, 0) is 18.2 Å². The Morgan fingerprint density at radius 3 is 2.80 bits per heavy atom. The van der Waals surface area contributed by atoms with Crippen molar-refractivity contribution < 1.29 is 9.53 Å². The summed E-state index contributed by atoms with van der Waals surface area (Å²) in [5.41, 5.74) is 2.07. The zero-order chi connectivity index (χ0) is 14.5. The van der Waals surface area contributed by atoms with Crippen molar-refractivity contribution >= 4 is 17.6 Å². The highest BCUT2D eigenvalue weighted by atomic mass is 35.5. The lowest BCUT2D eigenvalue weighted by atomic mass is 9.99. The van der Waals surface area contributed by atoms with Crippen molar-refractivity contribution in [3.05, 3.63) is 46.9 Å². The Morgan fingerprint density at radius 2 is 2.15 bits per heavy atom. The molecular weight excluding hydrogens is 278 g/mol. The number of carbonyl (C=O) groups excluding carboxylic acids is 1. The van der Waals surface area contributed by atoms with Crippen molar-refractivity contribution in [2.24, 2.45) is 0 Å². The number of halogens is 1. The van der Waals surface area contributed by atoms with E-state index in [0.29, 0.717) is 27.5 Å². The lowest BCUT2D eigenvalue weighted by Crippen LogP contribution is -2.08. The molecule has 0 radical (unpaired) electrons. The van der Waals surface area contributed by atoms with Gasteiger partial charge in [0, 0.05) is 23.5 Å². The van der Waals surface area contributed by atoms with Gasteiger partial charge >= 0.3 is 5.97 Å². The molecule has 100 valence electrons. The number of hydrogen-bond acceptors (Lipinski definition) is 5. The summed E-state index contributed by atoms with van der Waals surface area (Å²) in [5, 5.41) is 9.27. The van der Waals surface area contributed by atoms with Crippen LogP contribution >= 0.6 is 11.6 Å². The quantitative estimate of drug-likeness (QED) is 0.641. The summed E-state index contributed by atoms with van der Waals surface area (Å²) in [6, 6.07) is 6.91. The molecule has 0 aliphatic heterocycles. The smallest absolute Gasteiger partial charge is 0.338 e. The number of carbonyl (C=O) groups is 1. The number of pyridine rings is 2. The van der Waals surface area contributed by atoms with Crippen LogP contribution in [0.5, 0.6) is 0 Å². The van der Waals surface area contributed by atoms with Gasteiger partial charge in [-0.25, -0.2) is 9.78 Å². The average molecular weight is 288 g/mol. The Hall–Kier alpha value is -2.45. The summed E-state index contributed by atoms with van der Waals surface area (Å²) in [6.45, 7) is 0. The van der Waals surface area contributed by atoms with Crippen LogP contribution in [0.25, 0.3) is 11.3 Å². The molecule has 0 atom stereocenters. The number of nitriles is 1. The lowest BCUT2D eigenvalue weighted by molar-refractivity contribution is 0.0599. The van der Waals surface area contributed by atoms with Crippen LogP contribution in [0.3, 0.4) is 0 Å². The molecular formula is C14H10ClN3O2. The van der Waals surface area contributed by atoms with E-state index >= 15 is 0 Å². The molecule has 0 N–H and O–H groups in total. The van der Waals surface area contributed by atoms with Crippen LogP contribution in [0, 0.1) is 11.3 Å². The van der Waals surface area contributed by atoms with Crippen LogP contribution in [-0.2, 0) is 11.2 Å². The van der Waals surface area contributed by atoms with Gasteiger partial charge in [0.1, 0.15) is 5.15 Å². The number of ether oxygens (including phenoxy) is 1. The molecule has 0 amide bonds.